The molecule has 140 valence electrons. The van der Waals surface area contributed by atoms with Gasteiger partial charge in [-0.2, -0.15) is 10.2 Å². The summed E-state index contributed by atoms with van der Waals surface area (Å²) in [6, 6.07) is 4.43. The van der Waals surface area contributed by atoms with Crippen molar-refractivity contribution in [2.24, 2.45) is 0 Å². The Balaban J connectivity index is 1.81. The van der Waals surface area contributed by atoms with Crippen LogP contribution in [0.25, 0.3) is 0 Å². The number of aryl methyl sites for hydroxylation is 3. The van der Waals surface area contributed by atoms with Gasteiger partial charge in [0.2, 0.25) is 5.91 Å². The molecule has 4 rings (SSSR count). The Bertz CT molecular complexity index is 1000. The number of anilines is 1. The molecule has 1 aliphatic heterocycles. The van der Waals surface area contributed by atoms with Crippen molar-refractivity contribution < 1.29 is 4.79 Å². The Morgan fingerprint density at radius 2 is 2.04 bits per heavy atom. The molecule has 1 N–H and O–H groups in total. The van der Waals surface area contributed by atoms with E-state index in [1.807, 2.05) is 9.36 Å². The molecule has 2 aromatic heterocycles. The van der Waals surface area contributed by atoms with Gasteiger partial charge in [-0.05, 0) is 49.9 Å². The molecule has 0 spiro atoms. The third-order valence-corrected chi connectivity index (χ3v) is 5.45. The van der Waals surface area contributed by atoms with Gasteiger partial charge in [-0.25, -0.2) is 9.67 Å². The topological polar surface area (TPSA) is 77.6 Å². The van der Waals surface area contributed by atoms with Crippen LogP contribution in [0.4, 0.5) is 5.82 Å². The summed E-state index contributed by atoms with van der Waals surface area (Å²) in [5.74, 6) is 0.739. The van der Waals surface area contributed by atoms with E-state index in [9.17, 15) is 4.79 Å². The molecule has 1 amide bonds. The van der Waals surface area contributed by atoms with Crippen molar-refractivity contribution in [1.82, 2.24) is 24.5 Å². The molecule has 1 atom stereocenters. The summed E-state index contributed by atoms with van der Waals surface area (Å²) in [5, 5.41) is 11.8. The van der Waals surface area contributed by atoms with Crippen LogP contribution in [0.3, 0.4) is 0 Å². The first-order chi connectivity index (χ1) is 13.0. The highest BCUT2D eigenvalue weighted by Gasteiger charge is 2.32. The molecule has 7 nitrogen and oxygen atoms in total. The molecule has 0 bridgehead atoms. The van der Waals surface area contributed by atoms with E-state index in [-0.39, 0.29) is 11.8 Å². The van der Waals surface area contributed by atoms with Crippen LogP contribution < -0.4 is 5.32 Å². The maximum absolute atomic E-state index is 12.4. The van der Waals surface area contributed by atoms with Gasteiger partial charge >= 0.3 is 0 Å². The van der Waals surface area contributed by atoms with Crippen molar-refractivity contribution in [3.05, 3.63) is 58.3 Å². The van der Waals surface area contributed by atoms with Gasteiger partial charge in [-0.15, -0.1) is 0 Å². The summed E-state index contributed by atoms with van der Waals surface area (Å²) in [6.45, 7) is 9.83. The minimum Gasteiger partial charge on any atom is -0.309 e. The Labute approximate surface area is 158 Å². The van der Waals surface area contributed by atoms with Crippen LogP contribution in [0.15, 0.2) is 24.8 Å². The molecule has 1 aromatic carbocycles. The van der Waals surface area contributed by atoms with Crippen molar-refractivity contribution >= 4 is 11.7 Å². The molecule has 3 aromatic rings. The van der Waals surface area contributed by atoms with Crippen LogP contribution in [0.1, 0.15) is 52.8 Å². The number of nitrogens with one attached hydrogen (secondary N) is 1. The van der Waals surface area contributed by atoms with Crippen molar-refractivity contribution in [2.45, 2.75) is 53.1 Å². The molecule has 0 radical (unpaired) electrons. The Morgan fingerprint density at radius 1 is 1.22 bits per heavy atom. The fourth-order valence-corrected chi connectivity index (χ4v) is 4.06. The lowest BCUT2D eigenvalue weighted by atomic mass is 9.82. The lowest BCUT2D eigenvalue weighted by Crippen LogP contribution is -2.24. The van der Waals surface area contributed by atoms with E-state index in [4.69, 9.17) is 0 Å². The lowest BCUT2D eigenvalue weighted by Gasteiger charge is -2.25. The van der Waals surface area contributed by atoms with Gasteiger partial charge in [0.1, 0.15) is 12.7 Å². The molecular weight excluding hydrogens is 340 g/mol. The second-order valence-corrected chi connectivity index (χ2v) is 7.20. The van der Waals surface area contributed by atoms with Gasteiger partial charge in [-0.3, -0.25) is 9.48 Å². The number of carbonyl (C=O) groups excluding carboxylic acids is 1. The Kier molecular flexibility index (Phi) is 4.30. The summed E-state index contributed by atoms with van der Waals surface area (Å²) < 4.78 is 3.78. The number of amides is 1. The highest BCUT2D eigenvalue weighted by atomic mass is 16.1. The first kappa shape index (κ1) is 17.5. The van der Waals surface area contributed by atoms with E-state index in [0.29, 0.717) is 18.8 Å². The zero-order valence-electron chi connectivity index (χ0n) is 16.2. The summed E-state index contributed by atoms with van der Waals surface area (Å²) in [4.78, 5) is 16.4. The molecule has 1 aliphatic rings. The number of benzene rings is 1. The molecular formula is C20H24N6O. The second-order valence-electron chi connectivity index (χ2n) is 7.20. The molecule has 0 aliphatic carbocycles. The van der Waals surface area contributed by atoms with Gasteiger partial charge < -0.3 is 5.32 Å². The maximum Gasteiger partial charge on any atom is 0.226 e. The van der Waals surface area contributed by atoms with E-state index < -0.39 is 0 Å². The average molecular weight is 364 g/mol. The van der Waals surface area contributed by atoms with E-state index in [1.165, 1.54) is 22.3 Å². The molecule has 0 saturated heterocycles. The minimum absolute atomic E-state index is 0.0177. The van der Waals surface area contributed by atoms with Crippen LogP contribution in [-0.4, -0.2) is 30.5 Å². The standard InChI is InChI=1S/C20H24N6O/c1-5-26-14(4)19-17(8-18(27)23-20(19)24-26)16-7-15(12(2)6-13(16)3)9-25-11-21-10-22-25/h6-7,10-11,17H,5,8-9H2,1-4H3,(H,23,24,27). The fourth-order valence-electron chi connectivity index (χ4n) is 4.06. The summed E-state index contributed by atoms with van der Waals surface area (Å²) in [6.07, 6.45) is 3.71. The number of carbonyl (C=O) groups is 1. The molecule has 1 unspecified atom stereocenters. The lowest BCUT2D eigenvalue weighted by molar-refractivity contribution is -0.116. The number of hydrogen-bond donors (Lipinski definition) is 1. The maximum atomic E-state index is 12.4. The van der Waals surface area contributed by atoms with E-state index in [1.54, 1.807) is 12.7 Å². The highest BCUT2D eigenvalue weighted by Crippen LogP contribution is 2.40. The normalized spacial score (nSPS) is 16.3. The van der Waals surface area contributed by atoms with Crippen LogP contribution in [0, 0.1) is 20.8 Å². The van der Waals surface area contributed by atoms with Gasteiger partial charge in [0.25, 0.3) is 0 Å². The van der Waals surface area contributed by atoms with Crippen LogP contribution in [-0.2, 0) is 17.9 Å². The Morgan fingerprint density at radius 3 is 2.74 bits per heavy atom. The summed E-state index contributed by atoms with van der Waals surface area (Å²) in [7, 11) is 0. The third-order valence-electron chi connectivity index (χ3n) is 5.45. The zero-order chi connectivity index (χ0) is 19.1. The van der Waals surface area contributed by atoms with Gasteiger partial charge in [0.05, 0.1) is 6.54 Å². The molecule has 7 heteroatoms. The average Bonchev–Trinajstić information content (AvgIpc) is 3.24. The monoisotopic (exact) mass is 364 g/mol. The second kappa shape index (κ2) is 6.64. The predicted molar refractivity (Wildman–Crippen MR) is 103 cm³/mol. The summed E-state index contributed by atoms with van der Waals surface area (Å²) in [5.41, 5.74) is 7.04. The molecule has 0 saturated carbocycles. The number of aromatic nitrogens is 5. The highest BCUT2D eigenvalue weighted by molar-refractivity contribution is 5.94. The molecule has 3 heterocycles. The van der Waals surface area contributed by atoms with Crippen molar-refractivity contribution in [1.29, 1.82) is 0 Å². The minimum atomic E-state index is 0.0177. The van der Waals surface area contributed by atoms with Crippen LogP contribution in [0.5, 0.6) is 0 Å². The van der Waals surface area contributed by atoms with Crippen molar-refractivity contribution in [3.63, 3.8) is 0 Å². The number of fused-ring (bicyclic) bond motifs is 1. The van der Waals surface area contributed by atoms with E-state index >= 15 is 0 Å². The first-order valence-corrected chi connectivity index (χ1v) is 9.27. The Hall–Kier alpha value is -2.96. The molecule has 27 heavy (non-hydrogen) atoms. The molecule has 0 fully saturated rings. The number of rotatable bonds is 4. The van der Waals surface area contributed by atoms with E-state index in [2.05, 4.69) is 60.3 Å². The smallest absolute Gasteiger partial charge is 0.226 e. The predicted octanol–water partition coefficient (Wildman–Crippen LogP) is 2.94. The third kappa shape index (κ3) is 3.03. The van der Waals surface area contributed by atoms with Gasteiger partial charge in [-0.1, -0.05) is 12.1 Å². The summed E-state index contributed by atoms with van der Waals surface area (Å²) >= 11 is 0. The quantitative estimate of drug-likeness (QED) is 0.772. The van der Waals surface area contributed by atoms with Gasteiger partial charge in [0, 0.05) is 30.1 Å². The van der Waals surface area contributed by atoms with E-state index in [0.717, 1.165) is 17.8 Å². The van der Waals surface area contributed by atoms with Gasteiger partial charge in [0.15, 0.2) is 5.82 Å². The van der Waals surface area contributed by atoms with Crippen LogP contribution in [0.2, 0.25) is 0 Å². The number of nitrogens with zero attached hydrogens (tertiary/aromatic N) is 5. The fraction of sp³-hybridized carbons (Fsp3) is 0.400. The largest absolute Gasteiger partial charge is 0.309 e. The first-order valence-electron chi connectivity index (χ1n) is 9.27. The van der Waals surface area contributed by atoms with Crippen molar-refractivity contribution in [3.8, 4) is 0 Å². The van der Waals surface area contributed by atoms with Crippen molar-refractivity contribution in [2.75, 3.05) is 5.32 Å². The number of hydrogen-bond acceptors (Lipinski definition) is 4. The van der Waals surface area contributed by atoms with Crippen LogP contribution >= 0.6 is 0 Å². The zero-order valence-corrected chi connectivity index (χ0v) is 16.2. The SMILES string of the molecule is CCn1nc2c(c1C)C(c1cc(Cn3cncn3)c(C)cc1C)CC(=O)N2.